The van der Waals surface area contributed by atoms with Crippen LogP contribution in [0.3, 0.4) is 0 Å². The fraction of sp³-hybridized carbons (Fsp3) is 0.440. The van der Waals surface area contributed by atoms with E-state index in [1.54, 1.807) is 12.1 Å². The van der Waals surface area contributed by atoms with E-state index in [0.717, 1.165) is 12.8 Å². The van der Waals surface area contributed by atoms with Crippen LogP contribution in [-0.4, -0.2) is 21.0 Å². The Bertz CT molecular complexity index is 1050. The average Bonchev–Trinajstić information content (AvgIpc) is 2.71. The van der Waals surface area contributed by atoms with Gasteiger partial charge >= 0.3 is 0 Å². The van der Waals surface area contributed by atoms with Crippen LogP contribution in [0.4, 0.5) is 0 Å². The molecule has 1 fully saturated rings. The molecule has 0 radical (unpaired) electrons. The SMILES string of the molecule is CC1=CC(C(=O)c2c(O)c(-c3ccc(O)cc3)c[nH]c2=O)[C@H](C)[C@H]2C[C@@H](C)CC[C@H]12. The second-order valence-electron chi connectivity index (χ2n) is 9.15. The van der Waals surface area contributed by atoms with E-state index in [-0.39, 0.29) is 28.8 Å². The van der Waals surface area contributed by atoms with E-state index >= 15 is 0 Å². The predicted molar refractivity (Wildman–Crippen MR) is 117 cm³/mol. The Balaban J connectivity index is 1.74. The molecule has 2 aliphatic carbocycles. The van der Waals surface area contributed by atoms with Gasteiger partial charge in [-0.3, -0.25) is 9.59 Å². The summed E-state index contributed by atoms with van der Waals surface area (Å²) in [4.78, 5) is 28.7. The Kier molecular flexibility index (Phi) is 5.31. The van der Waals surface area contributed by atoms with Crippen molar-refractivity contribution >= 4 is 5.78 Å². The number of aromatic amines is 1. The molecule has 1 saturated carbocycles. The smallest absolute Gasteiger partial charge is 0.262 e. The molecule has 1 aromatic heterocycles. The molecule has 0 spiro atoms. The zero-order valence-electron chi connectivity index (χ0n) is 17.7. The van der Waals surface area contributed by atoms with Crippen molar-refractivity contribution in [2.24, 2.45) is 29.6 Å². The maximum Gasteiger partial charge on any atom is 0.262 e. The Morgan fingerprint density at radius 3 is 2.50 bits per heavy atom. The number of carbonyl (C=O) groups excluding carboxylic acids is 1. The van der Waals surface area contributed by atoms with Crippen LogP contribution in [0.5, 0.6) is 11.5 Å². The summed E-state index contributed by atoms with van der Waals surface area (Å²) in [5.74, 6) is 0.759. The van der Waals surface area contributed by atoms with Gasteiger partial charge in [0.15, 0.2) is 5.78 Å². The number of aromatic nitrogens is 1. The minimum absolute atomic E-state index is 0.104. The third-order valence-electron chi connectivity index (χ3n) is 7.22. The molecule has 30 heavy (non-hydrogen) atoms. The number of fused-ring (bicyclic) bond motifs is 1. The number of hydrogen-bond acceptors (Lipinski definition) is 4. The first-order chi connectivity index (χ1) is 14.3. The van der Waals surface area contributed by atoms with Crippen LogP contribution in [-0.2, 0) is 0 Å². The number of benzene rings is 1. The molecule has 0 bridgehead atoms. The standard InChI is InChI=1S/C25H29NO4/c1-13-4-9-18-14(2)11-20(15(3)19(18)10-13)23(28)22-24(29)21(12-26-25(22)30)16-5-7-17(27)8-6-16/h5-8,11-13,15,18-20,27H,4,9-10H2,1-3H3,(H2,26,29,30)/t13-,15+,18+,19+,20?/m0/s1. The van der Waals surface area contributed by atoms with Crippen LogP contribution in [0.2, 0.25) is 0 Å². The topological polar surface area (TPSA) is 90.4 Å². The fourth-order valence-corrected chi connectivity index (χ4v) is 5.49. The van der Waals surface area contributed by atoms with Crippen LogP contribution < -0.4 is 5.56 Å². The van der Waals surface area contributed by atoms with Crippen molar-refractivity contribution in [3.05, 3.63) is 58.0 Å². The van der Waals surface area contributed by atoms with Crippen LogP contribution in [0, 0.1) is 29.6 Å². The number of pyridine rings is 1. The number of phenolic OH excluding ortho intramolecular Hbond substituents is 1. The molecule has 1 unspecified atom stereocenters. The van der Waals surface area contributed by atoms with Crippen LogP contribution in [0.15, 0.2) is 46.9 Å². The highest BCUT2D eigenvalue weighted by Crippen LogP contribution is 2.48. The zero-order chi connectivity index (χ0) is 21.6. The summed E-state index contributed by atoms with van der Waals surface area (Å²) in [6, 6.07) is 6.28. The Labute approximate surface area is 176 Å². The number of phenols is 1. The van der Waals surface area contributed by atoms with Gasteiger partial charge in [0, 0.05) is 17.7 Å². The van der Waals surface area contributed by atoms with E-state index in [2.05, 4.69) is 25.8 Å². The van der Waals surface area contributed by atoms with Crippen molar-refractivity contribution < 1.29 is 15.0 Å². The lowest BCUT2D eigenvalue weighted by Crippen LogP contribution is -2.40. The number of hydrogen-bond donors (Lipinski definition) is 3. The van der Waals surface area contributed by atoms with Crippen LogP contribution >= 0.6 is 0 Å². The number of rotatable bonds is 3. The largest absolute Gasteiger partial charge is 0.508 e. The van der Waals surface area contributed by atoms with Crippen LogP contribution in [0.25, 0.3) is 11.1 Å². The van der Waals surface area contributed by atoms with Gasteiger partial charge in [-0.15, -0.1) is 0 Å². The fourth-order valence-electron chi connectivity index (χ4n) is 5.49. The first-order valence-corrected chi connectivity index (χ1v) is 10.7. The van der Waals surface area contributed by atoms with Gasteiger partial charge in [0.05, 0.1) is 0 Å². The van der Waals surface area contributed by atoms with Crippen molar-refractivity contribution in [1.29, 1.82) is 0 Å². The van der Waals surface area contributed by atoms with Crippen molar-refractivity contribution in [3.8, 4) is 22.6 Å². The number of aromatic hydroxyl groups is 2. The van der Waals surface area contributed by atoms with Gasteiger partial charge in [0.1, 0.15) is 17.1 Å². The summed E-state index contributed by atoms with van der Waals surface area (Å²) < 4.78 is 0. The molecule has 1 aromatic carbocycles. The number of carbonyl (C=O) groups is 1. The van der Waals surface area contributed by atoms with E-state index in [1.807, 2.05) is 6.08 Å². The van der Waals surface area contributed by atoms with Gasteiger partial charge in [0.2, 0.25) is 0 Å². The molecular weight excluding hydrogens is 378 g/mol. The van der Waals surface area contributed by atoms with E-state index < -0.39 is 11.5 Å². The van der Waals surface area contributed by atoms with Gasteiger partial charge in [-0.25, -0.2) is 0 Å². The Morgan fingerprint density at radius 2 is 1.80 bits per heavy atom. The molecule has 4 rings (SSSR count). The summed E-state index contributed by atoms with van der Waals surface area (Å²) >= 11 is 0. The molecule has 0 amide bonds. The first-order valence-electron chi connectivity index (χ1n) is 10.7. The van der Waals surface area contributed by atoms with Gasteiger partial charge in [0.25, 0.3) is 5.56 Å². The molecule has 0 aliphatic heterocycles. The van der Waals surface area contributed by atoms with Crippen molar-refractivity contribution in [3.63, 3.8) is 0 Å². The zero-order valence-corrected chi connectivity index (χ0v) is 17.7. The summed E-state index contributed by atoms with van der Waals surface area (Å²) in [5, 5.41) is 20.4. The minimum atomic E-state index is -0.572. The first kappa shape index (κ1) is 20.5. The van der Waals surface area contributed by atoms with Crippen molar-refractivity contribution in [2.75, 3.05) is 0 Å². The van der Waals surface area contributed by atoms with Gasteiger partial charge in [-0.2, -0.15) is 0 Å². The molecule has 5 heteroatoms. The van der Waals surface area contributed by atoms with Crippen LogP contribution in [0.1, 0.15) is 50.4 Å². The number of allylic oxidation sites excluding steroid dienone is 2. The lowest BCUT2D eigenvalue weighted by Gasteiger charge is -2.44. The van der Waals surface area contributed by atoms with Gasteiger partial charge < -0.3 is 15.2 Å². The number of H-pyrrole nitrogens is 1. The molecule has 1 heterocycles. The highest BCUT2D eigenvalue weighted by molar-refractivity contribution is 6.03. The Morgan fingerprint density at radius 1 is 1.10 bits per heavy atom. The molecule has 0 saturated heterocycles. The van der Waals surface area contributed by atoms with Crippen molar-refractivity contribution in [1.82, 2.24) is 4.98 Å². The number of Topliss-reactive ketones (excluding diaryl/α,β-unsaturated/α-hetero) is 1. The maximum atomic E-state index is 13.5. The monoisotopic (exact) mass is 407 g/mol. The van der Waals surface area contributed by atoms with E-state index in [0.29, 0.717) is 28.9 Å². The molecule has 2 aromatic rings. The van der Waals surface area contributed by atoms with Crippen molar-refractivity contribution in [2.45, 2.75) is 40.0 Å². The quantitative estimate of drug-likeness (QED) is 0.499. The van der Waals surface area contributed by atoms with E-state index in [4.69, 9.17) is 0 Å². The van der Waals surface area contributed by atoms with E-state index in [9.17, 15) is 19.8 Å². The molecule has 158 valence electrons. The number of ketones is 1. The molecule has 5 atom stereocenters. The summed E-state index contributed by atoms with van der Waals surface area (Å²) in [5.41, 5.74) is 1.46. The second-order valence-corrected chi connectivity index (χ2v) is 9.15. The lowest BCUT2D eigenvalue weighted by atomic mass is 9.60. The lowest BCUT2D eigenvalue weighted by molar-refractivity contribution is 0.0759. The third kappa shape index (κ3) is 3.47. The molecule has 2 aliphatic rings. The second kappa shape index (κ2) is 7.78. The molecule has 3 N–H and O–H groups in total. The van der Waals surface area contributed by atoms with Gasteiger partial charge in [-0.05, 0) is 61.1 Å². The summed E-state index contributed by atoms with van der Waals surface area (Å²) in [7, 11) is 0. The highest BCUT2D eigenvalue weighted by Gasteiger charge is 2.42. The minimum Gasteiger partial charge on any atom is -0.508 e. The molecule has 5 nitrogen and oxygen atoms in total. The average molecular weight is 408 g/mol. The number of nitrogens with one attached hydrogen (secondary N) is 1. The Hall–Kier alpha value is -2.82. The summed E-state index contributed by atoms with van der Waals surface area (Å²) in [6.45, 7) is 6.47. The normalized spacial score (nSPS) is 28.5. The maximum absolute atomic E-state index is 13.5. The predicted octanol–water partition coefficient (Wildman–Crippen LogP) is 4.90. The summed E-state index contributed by atoms with van der Waals surface area (Å²) in [6.07, 6.45) is 6.90. The van der Waals surface area contributed by atoms with Gasteiger partial charge in [-0.1, -0.05) is 44.1 Å². The van der Waals surface area contributed by atoms with E-state index in [1.165, 1.54) is 30.3 Å². The highest BCUT2D eigenvalue weighted by atomic mass is 16.3. The molecular formula is C25H29NO4. The third-order valence-corrected chi connectivity index (χ3v) is 7.22.